The summed E-state index contributed by atoms with van der Waals surface area (Å²) in [4.78, 5) is 13.4. The first kappa shape index (κ1) is 14.6. The number of ketones is 1. The highest BCUT2D eigenvalue weighted by Crippen LogP contribution is 2.57. The van der Waals surface area contributed by atoms with Crippen LogP contribution in [0.4, 0.5) is 0 Å². The van der Waals surface area contributed by atoms with E-state index in [1.54, 1.807) is 0 Å². The minimum atomic E-state index is -0.107. The molecule has 5 aliphatic rings. The van der Waals surface area contributed by atoms with E-state index in [2.05, 4.69) is 13.8 Å². The molecule has 1 aliphatic heterocycles. The quantitative estimate of drug-likeness (QED) is 0.749. The van der Waals surface area contributed by atoms with E-state index in [4.69, 9.17) is 4.74 Å². The summed E-state index contributed by atoms with van der Waals surface area (Å²) < 4.78 is 5.40. The lowest BCUT2D eigenvalue weighted by molar-refractivity contribution is -0.137. The van der Waals surface area contributed by atoms with Crippen LogP contribution in [0.25, 0.3) is 0 Å². The Hall–Kier alpha value is -0.0200. The van der Waals surface area contributed by atoms with Crippen LogP contribution in [0, 0.1) is 29.6 Å². The van der Waals surface area contributed by atoms with Crippen LogP contribution in [0.3, 0.4) is 0 Å². The van der Waals surface area contributed by atoms with Gasteiger partial charge in [-0.25, -0.2) is 0 Å². The lowest BCUT2D eigenvalue weighted by Crippen LogP contribution is -2.56. The Kier molecular flexibility index (Phi) is 3.65. The Morgan fingerprint density at radius 2 is 1.48 bits per heavy atom. The maximum Gasteiger partial charge on any atom is 0.190 e. The Labute approximate surface area is 131 Å². The van der Waals surface area contributed by atoms with E-state index in [1.807, 2.05) is 0 Å². The number of ether oxygens (including phenoxy) is 1. The Bertz CT molecular complexity index is 397. The molecule has 0 aromatic rings. The summed E-state index contributed by atoms with van der Waals surface area (Å²) in [6.45, 7) is 6.21. The molecule has 4 aliphatic carbocycles. The number of hydrogen-bond donors (Lipinski definition) is 0. The predicted octanol–water partition coefficient (Wildman–Crippen LogP) is 3.05. The fourth-order valence-corrected chi connectivity index (χ4v) is 8.21. The van der Waals surface area contributed by atoms with Crippen LogP contribution in [0.15, 0.2) is 0 Å². The molecule has 0 atom stereocenters. The highest BCUT2D eigenvalue weighted by Gasteiger charge is 2.57. The van der Waals surface area contributed by atoms with E-state index in [1.165, 1.54) is 32.1 Å². The third kappa shape index (κ3) is 2.39. The monoisotopic (exact) mass is 309 g/mol. The Balaban J connectivity index is 1.53. The van der Waals surface area contributed by atoms with Gasteiger partial charge in [0.1, 0.15) is 11.5 Å². The smallest absolute Gasteiger partial charge is 0.190 e. The first-order valence-electron chi connectivity index (χ1n) is 8.85. The largest absolute Gasteiger partial charge is 0.372 e. The van der Waals surface area contributed by atoms with Crippen LogP contribution in [0.2, 0.25) is 0 Å². The van der Waals surface area contributed by atoms with Gasteiger partial charge in [0.15, 0.2) is 10.5 Å². The van der Waals surface area contributed by atoms with Crippen molar-refractivity contribution in [2.24, 2.45) is 29.6 Å². The van der Waals surface area contributed by atoms with Crippen LogP contribution < -0.4 is 0 Å². The van der Waals surface area contributed by atoms with Crippen LogP contribution in [0.5, 0.6) is 0 Å². The molecule has 0 aromatic heterocycles. The highest BCUT2D eigenvalue weighted by atomic mass is 32.2. The van der Waals surface area contributed by atoms with Gasteiger partial charge in [-0.15, -0.1) is 0 Å². The van der Waals surface area contributed by atoms with Crippen molar-refractivity contribution in [2.75, 3.05) is 24.7 Å². The molecular weight excluding hydrogens is 280 g/mol. The van der Waals surface area contributed by atoms with E-state index >= 15 is 0 Å². The Morgan fingerprint density at radius 1 is 0.952 bits per heavy atom. The van der Waals surface area contributed by atoms with E-state index in [0.717, 1.165) is 48.4 Å². The average Bonchev–Trinajstić information content (AvgIpc) is 2.47. The zero-order valence-corrected chi connectivity index (χ0v) is 14.3. The molecule has 5 rings (SSSR count). The van der Waals surface area contributed by atoms with Crippen molar-refractivity contribution in [3.63, 3.8) is 0 Å². The molecule has 0 aromatic carbocycles. The minimum Gasteiger partial charge on any atom is -0.372 e. The molecule has 0 radical (unpaired) electrons. The molecule has 21 heavy (non-hydrogen) atoms. The minimum absolute atomic E-state index is 0.107. The molecule has 5 fully saturated rings. The third-order valence-electron chi connectivity index (χ3n) is 6.79. The summed E-state index contributed by atoms with van der Waals surface area (Å²) in [5.41, 5.74) is 0. The number of carbonyl (C=O) groups excluding carboxylic acids is 1. The van der Waals surface area contributed by atoms with Gasteiger partial charge in [-0.3, -0.25) is 4.79 Å². The van der Waals surface area contributed by atoms with E-state index in [0.29, 0.717) is 11.7 Å². The van der Waals surface area contributed by atoms with E-state index in [9.17, 15) is 4.79 Å². The second-order valence-electron chi connectivity index (χ2n) is 8.34. The normalized spacial score (nSPS) is 43.2. The van der Waals surface area contributed by atoms with Crippen molar-refractivity contribution < 1.29 is 9.53 Å². The lowest BCUT2D eigenvalue weighted by Gasteiger charge is -2.54. The Morgan fingerprint density at radius 3 is 2.00 bits per heavy atom. The molecular formula is C18H29O2S+. The van der Waals surface area contributed by atoms with E-state index in [-0.39, 0.29) is 15.6 Å². The van der Waals surface area contributed by atoms with Crippen molar-refractivity contribution in [3.05, 3.63) is 0 Å². The second kappa shape index (κ2) is 5.26. The number of carbonyl (C=O) groups is 1. The van der Waals surface area contributed by atoms with Crippen molar-refractivity contribution in [1.82, 2.24) is 0 Å². The molecule has 1 heterocycles. The van der Waals surface area contributed by atoms with Crippen molar-refractivity contribution in [3.8, 4) is 0 Å². The molecule has 0 unspecified atom stereocenters. The molecule has 4 bridgehead atoms. The maximum absolute atomic E-state index is 13.4. The summed E-state index contributed by atoms with van der Waals surface area (Å²) in [5.74, 6) is 6.63. The maximum atomic E-state index is 13.4. The van der Waals surface area contributed by atoms with Gasteiger partial charge >= 0.3 is 0 Å². The second-order valence-corrected chi connectivity index (χ2v) is 11.2. The standard InChI is InChI=1S/C18H29O2S/c1-18(2,21-5-3-20-4-6-21)17(19)16-14-8-12-7-13(10-14)11-15(16)9-12/h12-16H,3-11H2,1-2H3/q+1. The predicted molar refractivity (Wildman–Crippen MR) is 87.5 cm³/mol. The van der Waals surface area contributed by atoms with Crippen molar-refractivity contribution in [2.45, 2.75) is 50.7 Å². The van der Waals surface area contributed by atoms with Crippen molar-refractivity contribution >= 4 is 16.7 Å². The molecule has 0 N–H and O–H groups in total. The zero-order chi connectivity index (χ0) is 14.6. The van der Waals surface area contributed by atoms with Gasteiger partial charge in [-0.05, 0) is 69.6 Å². The number of Topliss-reactive ketones (excluding diaryl/α,β-unsaturated/α-hetero) is 1. The van der Waals surface area contributed by atoms with Crippen LogP contribution in [-0.4, -0.2) is 35.2 Å². The van der Waals surface area contributed by atoms with Crippen LogP contribution >= 0.6 is 0 Å². The van der Waals surface area contributed by atoms with Gasteiger partial charge in [0.25, 0.3) is 0 Å². The molecule has 2 nitrogen and oxygen atoms in total. The fraction of sp³-hybridized carbons (Fsp3) is 0.944. The number of hydrogen-bond acceptors (Lipinski definition) is 2. The van der Waals surface area contributed by atoms with Gasteiger partial charge in [0.2, 0.25) is 0 Å². The summed E-state index contributed by atoms with van der Waals surface area (Å²) in [6.07, 6.45) is 6.90. The van der Waals surface area contributed by atoms with Gasteiger partial charge in [0.05, 0.1) is 13.2 Å². The molecule has 1 saturated heterocycles. The summed E-state index contributed by atoms with van der Waals surface area (Å²) in [6, 6.07) is 0. The van der Waals surface area contributed by atoms with Gasteiger partial charge < -0.3 is 4.74 Å². The summed E-state index contributed by atoms with van der Waals surface area (Å²) in [7, 11) is 0.233. The van der Waals surface area contributed by atoms with Crippen LogP contribution in [0.1, 0.15) is 46.0 Å². The van der Waals surface area contributed by atoms with Crippen molar-refractivity contribution in [1.29, 1.82) is 0 Å². The van der Waals surface area contributed by atoms with Crippen LogP contribution in [-0.2, 0) is 20.4 Å². The average molecular weight is 309 g/mol. The SMILES string of the molecule is CC(C)(C(=O)C1C2CC3CC(C2)CC1C3)[S+]1CCOCC1. The molecule has 0 amide bonds. The number of rotatable bonds is 3. The molecule has 118 valence electrons. The first-order valence-corrected chi connectivity index (χ1v) is 10.4. The fourth-order valence-electron chi connectivity index (χ4n) is 5.93. The summed E-state index contributed by atoms with van der Waals surface area (Å²) >= 11 is 0. The zero-order valence-electron chi connectivity index (χ0n) is 13.5. The van der Waals surface area contributed by atoms with Gasteiger partial charge in [-0.2, -0.15) is 0 Å². The van der Waals surface area contributed by atoms with Gasteiger partial charge in [0, 0.05) is 16.8 Å². The molecule has 3 heteroatoms. The van der Waals surface area contributed by atoms with E-state index < -0.39 is 0 Å². The lowest BCUT2D eigenvalue weighted by atomic mass is 9.50. The first-order chi connectivity index (χ1) is 10.1. The summed E-state index contributed by atoms with van der Waals surface area (Å²) in [5, 5.41) is 0. The third-order valence-corrected chi connectivity index (χ3v) is 9.76. The molecule has 4 saturated carbocycles. The van der Waals surface area contributed by atoms with Gasteiger partial charge in [-0.1, -0.05) is 0 Å². The highest BCUT2D eigenvalue weighted by molar-refractivity contribution is 7.98. The molecule has 0 spiro atoms. The topological polar surface area (TPSA) is 26.3 Å².